The highest BCUT2D eigenvalue weighted by Gasteiger charge is 2.20. The number of rotatable bonds is 5. The molecule has 0 fully saturated rings. The first-order chi connectivity index (χ1) is 12.1. The Morgan fingerprint density at radius 2 is 2.00 bits per heavy atom. The van der Waals surface area contributed by atoms with Crippen LogP contribution in [-0.2, 0) is 16.1 Å². The van der Waals surface area contributed by atoms with Crippen LogP contribution in [0.2, 0.25) is 0 Å². The van der Waals surface area contributed by atoms with Crippen molar-refractivity contribution in [3.8, 4) is 0 Å². The van der Waals surface area contributed by atoms with E-state index in [0.717, 1.165) is 5.75 Å². The van der Waals surface area contributed by atoms with Gasteiger partial charge in [0.1, 0.15) is 16.4 Å². The summed E-state index contributed by atoms with van der Waals surface area (Å²) in [6, 6.07) is 10.4. The average molecular weight is 358 g/mol. The summed E-state index contributed by atoms with van der Waals surface area (Å²) >= 11 is 1.45. The largest absolute Gasteiger partial charge is 0.496 e. The molecule has 1 aromatic heterocycles. The van der Waals surface area contributed by atoms with E-state index in [-0.39, 0.29) is 18.4 Å². The van der Waals surface area contributed by atoms with Gasteiger partial charge in [0.15, 0.2) is 0 Å². The zero-order chi connectivity index (χ0) is 17.6. The van der Waals surface area contributed by atoms with Crippen molar-refractivity contribution in [2.75, 3.05) is 17.7 Å². The van der Waals surface area contributed by atoms with E-state index in [1.165, 1.54) is 11.8 Å². The highest BCUT2D eigenvalue weighted by Crippen LogP contribution is 2.27. The number of amides is 2. The molecule has 2 amide bonds. The zero-order valence-electron chi connectivity index (χ0n) is 13.7. The second kappa shape index (κ2) is 7.94. The van der Waals surface area contributed by atoms with E-state index >= 15 is 0 Å². The first kappa shape index (κ1) is 17.2. The third kappa shape index (κ3) is 4.24. The summed E-state index contributed by atoms with van der Waals surface area (Å²) in [4.78, 5) is 25.5. The molecule has 6 nitrogen and oxygen atoms in total. The molecular formula is C18H18N2O4S. The van der Waals surface area contributed by atoms with Crippen LogP contribution in [0.3, 0.4) is 0 Å². The number of furan rings is 1. The van der Waals surface area contributed by atoms with Crippen LogP contribution in [0.4, 0.5) is 5.69 Å². The Balaban J connectivity index is 1.72. The Hall–Kier alpha value is -2.67. The predicted molar refractivity (Wildman–Crippen MR) is 96.1 cm³/mol. The van der Waals surface area contributed by atoms with Gasteiger partial charge in [-0.25, -0.2) is 0 Å². The molecule has 0 bridgehead atoms. The fourth-order valence-corrected chi connectivity index (χ4v) is 3.19. The van der Waals surface area contributed by atoms with Crippen molar-refractivity contribution in [1.29, 1.82) is 0 Å². The number of benzene rings is 1. The number of nitrogens with one attached hydrogen (secondary N) is 2. The van der Waals surface area contributed by atoms with E-state index in [9.17, 15) is 9.59 Å². The van der Waals surface area contributed by atoms with Gasteiger partial charge in [-0.15, -0.1) is 11.8 Å². The van der Waals surface area contributed by atoms with Gasteiger partial charge in [-0.05, 0) is 31.2 Å². The maximum absolute atomic E-state index is 12.5. The van der Waals surface area contributed by atoms with Gasteiger partial charge in [0, 0.05) is 5.75 Å². The summed E-state index contributed by atoms with van der Waals surface area (Å²) in [5.41, 5.74) is 0.846. The first-order valence-corrected chi connectivity index (χ1v) is 8.81. The fourth-order valence-electron chi connectivity index (χ4n) is 2.38. The average Bonchev–Trinajstić information content (AvgIpc) is 3.14. The third-order valence-electron chi connectivity index (χ3n) is 3.60. The number of hydrogen-bond donors (Lipinski definition) is 2. The lowest BCUT2D eigenvalue weighted by Crippen LogP contribution is -2.25. The molecule has 0 unspecified atom stereocenters. The molecule has 1 aliphatic rings. The lowest BCUT2D eigenvalue weighted by atomic mass is 10.1. The number of carbonyl (C=O) groups excluding carboxylic acids is 2. The molecule has 0 aliphatic carbocycles. The van der Waals surface area contributed by atoms with Crippen molar-refractivity contribution in [2.24, 2.45) is 0 Å². The van der Waals surface area contributed by atoms with Crippen molar-refractivity contribution >= 4 is 29.3 Å². The molecule has 2 aromatic rings. The molecule has 2 N–H and O–H groups in total. The first-order valence-electron chi connectivity index (χ1n) is 7.82. The standard InChI is InChI=1S/C18H18N2O4S/c1-12-16(25-10-9-23-12)18(22)20-15-7-3-2-6-14(15)17(21)19-11-13-5-4-8-24-13/h2-8H,9-11H2,1H3,(H,19,21)(H,20,22). The minimum absolute atomic E-state index is 0.270. The fraction of sp³-hybridized carbons (Fsp3) is 0.222. The van der Waals surface area contributed by atoms with Crippen LogP contribution >= 0.6 is 11.8 Å². The van der Waals surface area contributed by atoms with Crippen LogP contribution in [0, 0.1) is 0 Å². The van der Waals surface area contributed by atoms with Crippen molar-refractivity contribution < 1.29 is 18.7 Å². The molecule has 0 saturated heterocycles. The summed E-state index contributed by atoms with van der Waals surface area (Å²) < 4.78 is 10.6. The summed E-state index contributed by atoms with van der Waals surface area (Å²) in [5, 5.41) is 5.58. The molecule has 3 rings (SSSR count). The maximum atomic E-state index is 12.5. The highest BCUT2D eigenvalue weighted by molar-refractivity contribution is 8.04. The zero-order valence-corrected chi connectivity index (χ0v) is 14.5. The van der Waals surface area contributed by atoms with Gasteiger partial charge in [0.05, 0.1) is 30.7 Å². The number of ether oxygens (including phenoxy) is 1. The minimum Gasteiger partial charge on any atom is -0.496 e. The molecule has 0 atom stereocenters. The van der Waals surface area contributed by atoms with E-state index in [0.29, 0.717) is 34.3 Å². The quantitative estimate of drug-likeness (QED) is 0.858. The lowest BCUT2D eigenvalue weighted by Gasteiger charge is -2.18. The Morgan fingerprint density at radius 1 is 1.16 bits per heavy atom. The Bertz CT molecular complexity index is 799. The number of hydrogen-bond acceptors (Lipinski definition) is 5. The van der Waals surface area contributed by atoms with E-state index in [1.54, 1.807) is 49.6 Å². The second-order valence-corrected chi connectivity index (χ2v) is 6.45. The van der Waals surface area contributed by atoms with Crippen molar-refractivity contribution in [3.05, 3.63) is 64.6 Å². The van der Waals surface area contributed by atoms with Gasteiger partial charge < -0.3 is 19.8 Å². The maximum Gasteiger partial charge on any atom is 0.265 e. The number of para-hydroxylation sites is 1. The van der Waals surface area contributed by atoms with Gasteiger partial charge in [0.2, 0.25) is 0 Å². The van der Waals surface area contributed by atoms with E-state index in [4.69, 9.17) is 9.15 Å². The van der Waals surface area contributed by atoms with Crippen LogP contribution in [0.15, 0.2) is 57.7 Å². The van der Waals surface area contributed by atoms with Crippen LogP contribution < -0.4 is 10.6 Å². The molecule has 0 spiro atoms. The molecule has 2 heterocycles. The van der Waals surface area contributed by atoms with Crippen LogP contribution in [-0.4, -0.2) is 24.2 Å². The molecule has 0 saturated carbocycles. The molecular weight excluding hydrogens is 340 g/mol. The summed E-state index contributed by atoms with van der Waals surface area (Å²) in [6.07, 6.45) is 1.55. The molecule has 7 heteroatoms. The number of thioether (sulfide) groups is 1. The summed E-state index contributed by atoms with van der Waals surface area (Å²) in [6.45, 7) is 2.64. The van der Waals surface area contributed by atoms with Gasteiger partial charge in [-0.3, -0.25) is 9.59 Å². The summed E-state index contributed by atoms with van der Waals surface area (Å²) in [7, 11) is 0. The predicted octanol–water partition coefficient (Wildman–Crippen LogP) is 3.14. The third-order valence-corrected chi connectivity index (χ3v) is 4.73. The lowest BCUT2D eigenvalue weighted by molar-refractivity contribution is -0.112. The molecule has 1 aromatic carbocycles. The van der Waals surface area contributed by atoms with Gasteiger partial charge >= 0.3 is 0 Å². The minimum atomic E-state index is -0.287. The van der Waals surface area contributed by atoms with Crippen LogP contribution in [0.1, 0.15) is 23.0 Å². The van der Waals surface area contributed by atoms with E-state index in [2.05, 4.69) is 10.6 Å². The highest BCUT2D eigenvalue weighted by atomic mass is 32.2. The van der Waals surface area contributed by atoms with Gasteiger partial charge in [0.25, 0.3) is 11.8 Å². The number of carbonyl (C=O) groups is 2. The van der Waals surface area contributed by atoms with Crippen molar-refractivity contribution in [2.45, 2.75) is 13.5 Å². The SMILES string of the molecule is CC1=C(C(=O)Nc2ccccc2C(=O)NCc2ccco2)SCCO1. The number of anilines is 1. The van der Waals surface area contributed by atoms with E-state index < -0.39 is 0 Å². The second-order valence-electron chi connectivity index (χ2n) is 5.34. The summed E-state index contributed by atoms with van der Waals surface area (Å²) in [5.74, 6) is 1.43. The topological polar surface area (TPSA) is 80.6 Å². The van der Waals surface area contributed by atoms with Crippen molar-refractivity contribution in [1.82, 2.24) is 5.32 Å². The molecule has 0 radical (unpaired) electrons. The van der Waals surface area contributed by atoms with Gasteiger partial charge in [-0.2, -0.15) is 0 Å². The molecule has 25 heavy (non-hydrogen) atoms. The smallest absolute Gasteiger partial charge is 0.265 e. The Kier molecular flexibility index (Phi) is 5.45. The van der Waals surface area contributed by atoms with E-state index in [1.807, 2.05) is 0 Å². The normalized spacial score (nSPS) is 14.0. The molecule has 130 valence electrons. The molecule has 1 aliphatic heterocycles. The van der Waals surface area contributed by atoms with Crippen LogP contribution in [0.5, 0.6) is 0 Å². The van der Waals surface area contributed by atoms with Crippen molar-refractivity contribution in [3.63, 3.8) is 0 Å². The van der Waals surface area contributed by atoms with Gasteiger partial charge in [-0.1, -0.05) is 12.1 Å². The monoisotopic (exact) mass is 358 g/mol. The number of allylic oxidation sites excluding steroid dienone is 1. The Morgan fingerprint density at radius 3 is 2.76 bits per heavy atom. The van der Waals surface area contributed by atoms with Crippen LogP contribution in [0.25, 0.3) is 0 Å². The Labute approximate surface area is 149 Å².